The number of aromatic amines is 1. The van der Waals surface area contributed by atoms with Gasteiger partial charge < -0.3 is 42.0 Å². The monoisotopic (exact) mass is 1250 g/mol. The number of Topliss-reactive ketones (excluding diaryl/α,β-unsaturated/α-hetero) is 1. The van der Waals surface area contributed by atoms with Gasteiger partial charge in [-0.2, -0.15) is 0 Å². The molecule has 3 aliphatic heterocycles. The van der Waals surface area contributed by atoms with E-state index in [0.717, 1.165) is 111 Å². The van der Waals surface area contributed by atoms with Gasteiger partial charge in [-0.25, -0.2) is 4.98 Å². The summed E-state index contributed by atoms with van der Waals surface area (Å²) in [5.41, 5.74) is 12.6. The van der Waals surface area contributed by atoms with Gasteiger partial charge in [0.1, 0.15) is 5.75 Å². The van der Waals surface area contributed by atoms with E-state index in [1.165, 1.54) is 16.7 Å². The lowest BCUT2D eigenvalue weighted by Crippen LogP contribution is -2.59. The van der Waals surface area contributed by atoms with Crippen LogP contribution in [0.25, 0.3) is 15.8 Å². The van der Waals surface area contributed by atoms with Gasteiger partial charge >= 0.3 is 0 Å². The number of aliphatic imine (C=N–C) groups is 1. The fraction of sp³-hybridized carbons (Fsp3) is 0.466. The van der Waals surface area contributed by atoms with Crippen LogP contribution in [0.15, 0.2) is 115 Å². The number of hydrogen-bond acceptors (Lipinski definition) is 12. The van der Waals surface area contributed by atoms with E-state index in [-0.39, 0.29) is 77.4 Å². The second kappa shape index (κ2) is 22.4. The summed E-state index contributed by atoms with van der Waals surface area (Å²) in [6.45, 7) is 4.62. The number of phenols is 1. The zero-order valence-electron chi connectivity index (χ0n) is 50.6. The van der Waals surface area contributed by atoms with Gasteiger partial charge in [-0.3, -0.25) is 9.79 Å². The molecule has 3 spiro atoms. The Kier molecular flexibility index (Phi) is 14.9. The van der Waals surface area contributed by atoms with Crippen molar-refractivity contribution in [2.75, 3.05) is 44.1 Å². The third-order valence-corrected chi connectivity index (χ3v) is 28.5. The average Bonchev–Trinajstić information content (AvgIpc) is 1.48. The number of allylic oxidation sites excluding steroid dienone is 1. The second-order valence-electron chi connectivity index (χ2n) is 27.6. The van der Waals surface area contributed by atoms with Gasteiger partial charge in [-0.1, -0.05) is 112 Å². The number of rotatable bonds is 10. The first-order valence-electron chi connectivity index (χ1n) is 31.8. The van der Waals surface area contributed by atoms with Gasteiger partial charge in [-0.05, 0) is 184 Å². The number of aromatic hydroxyl groups is 1. The van der Waals surface area contributed by atoms with Gasteiger partial charge in [0.2, 0.25) is 0 Å². The molecule has 3 aromatic carbocycles. The summed E-state index contributed by atoms with van der Waals surface area (Å²) in [6, 6.07) is 27.6. The molecule has 6 aromatic rings. The Labute approximate surface area is 533 Å². The Hall–Kier alpha value is -6.01. The number of guanidine groups is 1. The number of hydrogen-bond donors (Lipinski definition) is 8. The molecule has 3 saturated carbocycles. The van der Waals surface area contributed by atoms with Crippen molar-refractivity contribution >= 4 is 67.8 Å². The fourth-order valence-electron chi connectivity index (χ4n) is 19.9. The molecule has 15 heteroatoms. The van der Waals surface area contributed by atoms with Crippen LogP contribution in [-0.4, -0.2) is 93.5 Å². The summed E-state index contributed by atoms with van der Waals surface area (Å²) in [5, 5.41) is 50.3. The van der Waals surface area contributed by atoms with Gasteiger partial charge in [-0.15, -0.1) is 28.6 Å². The third kappa shape index (κ3) is 9.12. The Morgan fingerprint density at radius 3 is 2.66 bits per heavy atom. The minimum absolute atomic E-state index is 0.0273. The molecule has 6 heterocycles. The molecule has 4 fully saturated rings. The average molecular weight is 1250 g/mol. The van der Waals surface area contributed by atoms with Crippen LogP contribution in [0.1, 0.15) is 130 Å². The molecule has 9 N–H and O–H groups in total. The number of nitrogens with zero attached hydrogens (tertiary/aromatic N) is 2. The maximum absolute atomic E-state index is 16.6. The first-order valence-corrected chi connectivity index (χ1v) is 35.9. The number of anilines is 1. The quantitative estimate of drug-likeness (QED) is 0.0163. The number of ketones is 1. The number of nitrogens with one attached hydrogen (secondary N) is 4. The van der Waals surface area contributed by atoms with Crippen molar-refractivity contribution in [3.05, 3.63) is 164 Å². The number of aliphatic hydroxyl groups excluding tert-OH is 1. The molecule has 454 valence electrons. The second-order valence-corrected chi connectivity index (χ2v) is 32.3. The van der Waals surface area contributed by atoms with Crippen molar-refractivity contribution in [2.45, 2.75) is 108 Å². The van der Waals surface area contributed by atoms with Gasteiger partial charge in [0.25, 0.3) is 0 Å². The Bertz CT molecular complexity index is 3940. The number of carbonyl (C=O) groups is 1. The summed E-state index contributed by atoms with van der Waals surface area (Å²) in [7, 11) is 7.78. The Balaban J connectivity index is 1.05. The predicted molar refractivity (Wildman–Crippen MR) is 360 cm³/mol. The largest absolute Gasteiger partial charge is 0.507 e. The summed E-state index contributed by atoms with van der Waals surface area (Å²) >= 11 is 3.30. The molecule has 88 heavy (non-hydrogen) atoms. The first-order chi connectivity index (χ1) is 42.8. The van der Waals surface area contributed by atoms with Gasteiger partial charge in [0.15, 0.2) is 11.7 Å². The minimum Gasteiger partial charge on any atom is -0.507 e. The maximum Gasteiger partial charge on any atom is 0.188 e. The number of fused-ring (bicyclic) bond motifs is 1. The van der Waals surface area contributed by atoms with Crippen molar-refractivity contribution < 1.29 is 20.1 Å². The van der Waals surface area contributed by atoms with E-state index in [2.05, 4.69) is 142 Å². The molecule has 6 aliphatic carbocycles. The van der Waals surface area contributed by atoms with E-state index in [4.69, 9.17) is 10.7 Å². The molecular weight excluding hydrogens is 1170 g/mol. The smallest absolute Gasteiger partial charge is 0.188 e. The molecule has 3 aromatic heterocycles. The lowest BCUT2D eigenvalue weighted by atomic mass is 9.46. The number of phenolic OH excluding ortho intramolecular Hbond substituents is 1. The number of nitrogens with two attached hydrogens (primary N) is 1. The minimum atomic E-state index is -1.30. The highest BCUT2D eigenvalue weighted by molar-refractivity contribution is 8.76. The highest BCUT2D eigenvalue weighted by Gasteiger charge is 2.76. The predicted octanol–water partition coefficient (Wildman–Crippen LogP) is 12.5. The van der Waals surface area contributed by atoms with Crippen molar-refractivity contribution in [3.63, 3.8) is 0 Å². The van der Waals surface area contributed by atoms with Crippen LogP contribution in [0.5, 0.6) is 5.75 Å². The SMILES string of the molecule is CC#Cc1ccc(-c2ccc(C(=O)[C@H]3CC[C@]45C=C[C@@H]6[C@H]7[C@@H]8C#Cc9c(cc(O)c%10c9N[C@H](C=C%10)[C@@](C)(O)Cc9cccc%10c9[C@H](c9cnc[nH]9)C[C@@H]([C@H](Cc9ccccc9)CSSC[C@]9(CO)[C@H](CNC)CC[C@]79C[C@]36C4)[C@@H]%108)C[C@H]5NC(N)=NC)s2)s1. The van der Waals surface area contributed by atoms with Crippen LogP contribution in [0, 0.1) is 86.8 Å². The summed E-state index contributed by atoms with van der Waals surface area (Å²) < 4.78 is 0. The molecule has 11 nitrogen and oxygen atoms in total. The first kappa shape index (κ1) is 58.4. The molecule has 0 radical (unpaired) electrons. The van der Waals surface area contributed by atoms with Crippen LogP contribution in [0.4, 0.5) is 5.69 Å². The van der Waals surface area contributed by atoms with Crippen LogP contribution < -0.4 is 21.7 Å². The number of thiophene rings is 2. The van der Waals surface area contributed by atoms with E-state index in [1.54, 1.807) is 29.7 Å². The van der Waals surface area contributed by atoms with Crippen molar-refractivity contribution in [1.82, 2.24) is 20.6 Å². The number of imidazole rings is 1. The highest BCUT2D eigenvalue weighted by Crippen LogP contribution is 2.80. The molecule has 1 saturated heterocycles. The van der Waals surface area contributed by atoms with Gasteiger partial charge in [0.05, 0.1) is 45.6 Å². The summed E-state index contributed by atoms with van der Waals surface area (Å²) in [5.74, 6) is 16.8. The van der Waals surface area contributed by atoms with Crippen molar-refractivity contribution in [1.29, 1.82) is 0 Å². The molecular formula is C73H79N7O4S4. The lowest BCUT2D eigenvalue weighted by Gasteiger charge is -2.58. The number of aliphatic hydroxyl groups is 2. The molecule has 9 aliphatic rings. The highest BCUT2D eigenvalue weighted by atomic mass is 33.1. The van der Waals surface area contributed by atoms with Gasteiger partial charge in [0, 0.05) is 92.7 Å². The zero-order chi connectivity index (χ0) is 60.3. The van der Waals surface area contributed by atoms with Crippen molar-refractivity contribution in [3.8, 4) is 39.2 Å². The van der Waals surface area contributed by atoms with Crippen LogP contribution in [-0.2, 0) is 19.3 Å². The summed E-state index contributed by atoms with van der Waals surface area (Å²) in [4.78, 5) is 33.6. The van der Waals surface area contributed by atoms with E-state index in [1.807, 2.05) is 66.2 Å². The van der Waals surface area contributed by atoms with E-state index in [0.29, 0.717) is 30.8 Å². The number of H-pyrrole nitrogens is 1. The number of aromatic nitrogens is 2. The zero-order valence-corrected chi connectivity index (χ0v) is 53.8. The number of carbonyl (C=O) groups excluding carboxylic acids is 1. The van der Waals surface area contributed by atoms with Crippen LogP contribution in [0.2, 0.25) is 0 Å². The van der Waals surface area contributed by atoms with E-state index >= 15 is 4.79 Å². The van der Waals surface area contributed by atoms with E-state index < -0.39 is 33.3 Å². The summed E-state index contributed by atoms with van der Waals surface area (Å²) in [6.07, 6.45) is 20.3. The molecule has 15 rings (SSSR count). The Morgan fingerprint density at radius 2 is 1.85 bits per heavy atom. The Morgan fingerprint density at radius 1 is 1.00 bits per heavy atom. The topological polar surface area (TPSA) is 181 Å². The normalized spacial score (nSPS) is 35.4. The maximum atomic E-state index is 16.6. The molecule has 0 unspecified atom stereocenters. The van der Waals surface area contributed by atoms with Crippen LogP contribution in [0.3, 0.4) is 0 Å². The standard InChI is InChI=1S/C73H79N7O4S4/c1-5-10-47-15-19-58(87-47)59-20-21-60(88-59)67(83)55-25-27-70-26-24-54-65-51-17-16-48-44(31-62(70)80-68(74)76-4)30-57(82)49-18-22-61(79-66(48)49)69(2,84)33-43-13-9-14-50-63(43)53(56-35-77-41-78-56)32-52(64(50)51)45(29-42-11-7-6-8-12-42)36-85-86-40-73(39-81)46(34-75-3)23-28-72(65,73)38-71(54,55)37-70/h6-9,11-15,18-22,24,26,30,35,41,45-46,51-55,61-62,64-65,75,79,81-82,84H,23,25,27-29,31-34,36-40H2,1-4H3,(H,77,78)(H3,74,76,80)/t45-,46+,51-,52+,53+,54-,55-,61-,62-,64+,65-,69+,70-,71+,72+,73-/m1/s1. The fourth-order valence-corrected chi connectivity index (χ4v) is 25.2. The lowest BCUT2D eigenvalue weighted by molar-refractivity contribution is -0.0543. The van der Waals surface area contributed by atoms with E-state index in [9.17, 15) is 15.3 Å². The molecule has 16 atom stereocenters. The molecule has 0 amide bonds. The number of benzene rings is 3. The van der Waals surface area contributed by atoms with Crippen molar-refractivity contribution in [2.24, 2.45) is 73.8 Å². The molecule has 11 bridgehead atoms. The third-order valence-electron chi connectivity index (χ3n) is 23.6. The van der Waals surface area contributed by atoms with Crippen LogP contribution >= 0.6 is 44.3 Å².